The fourth-order valence-corrected chi connectivity index (χ4v) is 3.51. The molecular formula is C17H20Cl2N2O3. The number of fused-ring (bicyclic) bond motifs is 2. The van der Waals surface area contributed by atoms with Crippen molar-refractivity contribution in [1.29, 1.82) is 0 Å². The summed E-state index contributed by atoms with van der Waals surface area (Å²) in [6.07, 6.45) is 2.34. The van der Waals surface area contributed by atoms with Gasteiger partial charge in [0.25, 0.3) is 0 Å². The average molecular weight is 371 g/mol. The summed E-state index contributed by atoms with van der Waals surface area (Å²) < 4.78 is 11.2. The lowest BCUT2D eigenvalue weighted by molar-refractivity contribution is -0.0510. The van der Waals surface area contributed by atoms with E-state index in [1.807, 2.05) is 32.9 Å². The van der Waals surface area contributed by atoms with Crippen LogP contribution in [0.2, 0.25) is 10.3 Å². The number of ether oxygens (including phenoxy) is 2. The first-order valence-corrected chi connectivity index (χ1v) is 8.62. The van der Waals surface area contributed by atoms with Crippen molar-refractivity contribution in [2.75, 3.05) is 13.2 Å². The Balaban J connectivity index is 1.88. The molecule has 7 heteroatoms. The summed E-state index contributed by atoms with van der Waals surface area (Å²) in [6.45, 7) is 6.51. The van der Waals surface area contributed by atoms with Crippen molar-refractivity contribution in [3.05, 3.63) is 34.1 Å². The zero-order valence-electron chi connectivity index (χ0n) is 13.9. The topological polar surface area (TPSA) is 51.7 Å². The average Bonchev–Trinajstić information content (AvgIpc) is 2.44. The van der Waals surface area contributed by atoms with Crippen LogP contribution in [0.25, 0.3) is 5.57 Å². The Morgan fingerprint density at radius 1 is 1.33 bits per heavy atom. The maximum atomic E-state index is 12.5. The number of morpholine rings is 1. The normalized spacial score (nSPS) is 23.7. The van der Waals surface area contributed by atoms with Crippen LogP contribution in [-0.2, 0) is 9.47 Å². The smallest absolute Gasteiger partial charge is 0.411 e. The number of hydrogen-bond acceptors (Lipinski definition) is 4. The highest BCUT2D eigenvalue weighted by Crippen LogP contribution is 2.36. The van der Waals surface area contributed by atoms with Gasteiger partial charge in [-0.25, -0.2) is 9.78 Å². The van der Waals surface area contributed by atoms with Gasteiger partial charge >= 0.3 is 6.09 Å². The van der Waals surface area contributed by atoms with E-state index >= 15 is 0 Å². The molecule has 0 radical (unpaired) electrons. The summed E-state index contributed by atoms with van der Waals surface area (Å²) in [6, 6.07) is 3.33. The molecule has 0 aromatic carbocycles. The molecule has 1 fully saturated rings. The number of carbonyl (C=O) groups is 1. The van der Waals surface area contributed by atoms with Gasteiger partial charge in [0.2, 0.25) is 0 Å². The van der Waals surface area contributed by atoms with E-state index in [2.05, 4.69) is 4.98 Å². The lowest BCUT2D eigenvalue weighted by atomic mass is 9.91. The largest absolute Gasteiger partial charge is 0.444 e. The van der Waals surface area contributed by atoms with Gasteiger partial charge in [-0.2, -0.15) is 0 Å². The van der Waals surface area contributed by atoms with Gasteiger partial charge in [0.1, 0.15) is 15.9 Å². The molecule has 2 unspecified atom stereocenters. The molecule has 1 saturated heterocycles. The highest BCUT2D eigenvalue weighted by molar-refractivity contribution is 6.33. The predicted molar refractivity (Wildman–Crippen MR) is 93.3 cm³/mol. The van der Waals surface area contributed by atoms with E-state index in [-0.39, 0.29) is 18.2 Å². The van der Waals surface area contributed by atoms with Gasteiger partial charge in [0.05, 0.1) is 25.3 Å². The molecule has 2 atom stereocenters. The number of hydrogen-bond donors (Lipinski definition) is 0. The first-order valence-electron chi connectivity index (χ1n) is 7.87. The maximum absolute atomic E-state index is 12.5. The summed E-state index contributed by atoms with van der Waals surface area (Å²) in [5.41, 5.74) is 1.38. The fraction of sp³-hybridized carbons (Fsp3) is 0.529. The molecule has 1 aromatic heterocycles. The van der Waals surface area contributed by atoms with E-state index in [0.717, 1.165) is 11.1 Å². The predicted octanol–water partition coefficient (Wildman–Crippen LogP) is 4.18. The van der Waals surface area contributed by atoms with Crippen LogP contribution in [0, 0.1) is 0 Å². The molecule has 1 aromatic rings. The Morgan fingerprint density at radius 3 is 2.71 bits per heavy atom. The SMILES string of the molecule is CC(C)(C)OC(=O)N1C2C=C(c3ccc(Cl)nc3Cl)CC1COC2. The Hall–Kier alpha value is -1.30. The molecule has 2 aliphatic heterocycles. The van der Waals surface area contributed by atoms with E-state index < -0.39 is 5.60 Å². The van der Waals surface area contributed by atoms with Gasteiger partial charge in [-0.3, -0.25) is 4.90 Å². The standard InChI is InChI=1S/C17H20Cl2N2O3/c1-17(2,3)24-16(22)21-11-6-10(7-12(21)9-23-8-11)13-4-5-14(18)20-15(13)19/h4-6,11-12H,7-9H2,1-3H3. The molecule has 24 heavy (non-hydrogen) atoms. The van der Waals surface area contributed by atoms with E-state index in [1.165, 1.54) is 0 Å². The van der Waals surface area contributed by atoms with Gasteiger partial charge in [0.15, 0.2) is 0 Å². The van der Waals surface area contributed by atoms with Crippen LogP contribution >= 0.6 is 23.2 Å². The molecule has 0 spiro atoms. The van der Waals surface area contributed by atoms with Gasteiger partial charge in [-0.1, -0.05) is 29.3 Å². The fourth-order valence-electron chi connectivity index (χ4n) is 3.05. The van der Waals surface area contributed by atoms with E-state index in [9.17, 15) is 4.79 Å². The van der Waals surface area contributed by atoms with Gasteiger partial charge in [-0.05, 0) is 44.9 Å². The minimum Gasteiger partial charge on any atom is -0.444 e. The Bertz CT molecular complexity index is 685. The third kappa shape index (κ3) is 3.68. The molecule has 2 bridgehead atoms. The molecule has 130 valence electrons. The molecule has 0 aliphatic carbocycles. The number of aromatic nitrogens is 1. The number of rotatable bonds is 1. The van der Waals surface area contributed by atoms with Crippen LogP contribution in [0.1, 0.15) is 32.8 Å². The van der Waals surface area contributed by atoms with E-state index in [1.54, 1.807) is 11.0 Å². The van der Waals surface area contributed by atoms with Gasteiger partial charge in [0, 0.05) is 5.56 Å². The van der Waals surface area contributed by atoms with Crippen LogP contribution in [0.4, 0.5) is 4.79 Å². The lowest BCUT2D eigenvalue weighted by Crippen LogP contribution is -2.57. The quantitative estimate of drug-likeness (QED) is 0.695. The minimum atomic E-state index is -0.528. The Kier molecular flexibility index (Phi) is 4.78. The highest BCUT2D eigenvalue weighted by atomic mass is 35.5. The molecule has 3 rings (SSSR count). The lowest BCUT2D eigenvalue weighted by Gasteiger charge is -2.44. The van der Waals surface area contributed by atoms with Gasteiger partial charge < -0.3 is 9.47 Å². The summed E-state index contributed by atoms with van der Waals surface area (Å²) in [4.78, 5) is 18.4. The Labute approximate surface area is 151 Å². The molecule has 5 nitrogen and oxygen atoms in total. The second kappa shape index (κ2) is 6.54. The number of carbonyl (C=O) groups excluding carboxylic acids is 1. The van der Waals surface area contributed by atoms with E-state index in [4.69, 9.17) is 32.7 Å². The molecule has 1 amide bonds. The van der Waals surface area contributed by atoms with Crippen molar-refractivity contribution in [2.45, 2.75) is 44.9 Å². The molecule has 2 aliphatic rings. The van der Waals surface area contributed by atoms with Crippen LogP contribution in [0.5, 0.6) is 0 Å². The number of halogens is 2. The molecule has 0 saturated carbocycles. The first-order chi connectivity index (χ1) is 11.2. The zero-order chi connectivity index (χ0) is 17.5. The van der Waals surface area contributed by atoms with Crippen LogP contribution < -0.4 is 0 Å². The monoisotopic (exact) mass is 370 g/mol. The third-order valence-electron chi connectivity index (χ3n) is 3.96. The second-order valence-corrected chi connectivity index (χ2v) is 7.76. The summed E-state index contributed by atoms with van der Waals surface area (Å²) in [5, 5.41) is 0.734. The third-order valence-corrected chi connectivity index (χ3v) is 4.46. The summed E-state index contributed by atoms with van der Waals surface area (Å²) in [7, 11) is 0. The van der Waals surface area contributed by atoms with Crippen molar-refractivity contribution >= 4 is 34.9 Å². The van der Waals surface area contributed by atoms with Gasteiger partial charge in [-0.15, -0.1) is 0 Å². The zero-order valence-corrected chi connectivity index (χ0v) is 15.4. The number of pyridine rings is 1. The summed E-state index contributed by atoms with van der Waals surface area (Å²) >= 11 is 12.1. The summed E-state index contributed by atoms with van der Waals surface area (Å²) in [5.74, 6) is 0. The van der Waals surface area contributed by atoms with Crippen molar-refractivity contribution in [1.82, 2.24) is 9.88 Å². The minimum absolute atomic E-state index is 0.0784. The first kappa shape index (κ1) is 17.5. The molecule has 3 heterocycles. The maximum Gasteiger partial charge on any atom is 0.411 e. The number of nitrogens with zero attached hydrogens (tertiary/aromatic N) is 2. The molecule has 0 N–H and O–H groups in total. The van der Waals surface area contributed by atoms with Crippen molar-refractivity contribution < 1.29 is 14.3 Å². The van der Waals surface area contributed by atoms with Crippen molar-refractivity contribution in [2.24, 2.45) is 0 Å². The second-order valence-electron chi connectivity index (χ2n) is 7.01. The Morgan fingerprint density at radius 2 is 2.08 bits per heavy atom. The highest BCUT2D eigenvalue weighted by Gasteiger charge is 2.40. The van der Waals surface area contributed by atoms with E-state index in [0.29, 0.717) is 29.9 Å². The number of amides is 1. The van der Waals surface area contributed by atoms with Crippen LogP contribution in [-0.4, -0.2) is 46.9 Å². The van der Waals surface area contributed by atoms with Crippen molar-refractivity contribution in [3.63, 3.8) is 0 Å². The van der Waals surface area contributed by atoms with Crippen molar-refractivity contribution in [3.8, 4) is 0 Å². The molecular weight excluding hydrogens is 351 g/mol. The van der Waals surface area contributed by atoms with Crippen LogP contribution in [0.15, 0.2) is 18.2 Å². The van der Waals surface area contributed by atoms with Crippen LogP contribution in [0.3, 0.4) is 0 Å².